The summed E-state index contributed by atoms with van der Waals surface area (Å²) in [5.74, 6) is 1.84. The number of carbonyl (C=O) groups excluding carboxylic acids is 1. The van der Waals surface area contributed by atoms with Gasteiger partial charge in [0.2, 0.25) is 0 Å². The minimum atomic E-state index is -0.256. The maximum Gasteiger partial charge on any atom is 0.256 e. The number of benzene rings is 1. The lowest BCUT2D eigenvalue weighted by Gasteiger charge is -2.05. The monoisotopic (exact) mass is 373 g/mol. The first-order valence-corrected chi connectivity index (χ1v) is 7.50. The van der Waals surface area contributed by atoms with Crippen molar-refractivity contribution in [3.8, 4) is 0 Å². The Bertz CT molecular complexity index is 832. The van der Waals surface area contributed by atoms with E-state index < -0.39 is 0 Å². The lowest BCUT2D eigenvalue weighted by molar-refractivity contribution is 0.102. The Morgan fingerprint density at radius 1 is 1.09 bits per heavy atom. The minimum Gasteiger partial charge on any atom is -0.360 e. The van der Waals surface area contributed by atoms with Crippen LogP contribution in [-0.2, 0) is 0 Å². The van der Waals surface area contributed by atoms with Crippen LogP contribution in [0.1, 0.15) is 16.1 Å². The largest absolute Gasteiger partial charge is 0.360 e. The molecule has 0 saturated heterocycles. The van der Waals surface area contributed by atoms with Gasteiger partial charge in [0.05, 0.1) is 0 Å². The summed E-state index contributed by atoms with van der Waals surface area (Å²) in [6.07, 6.45) is 0. The average Bonchev–Trinajstić information content (AvgIpc) is 2.94. The van der Waals surface area contributed by atoms with Crippen LogP contribution in [0.5, 0.6) is 0 Å². The summed E-state index contributed by atoms with van der Waals surface area (Å²) in [5, 5.41) is 17.4. The van der Waals surface area contributed by atoms with E-state index in [1.54, 1.807) is 43.3 Å². The van der Waals surface area contributed by atoms with Crippen LogP contribution in [0.25, 0.3) is 0 Å². The number of anilines is 3. The molecule has 116 valence electrons. The van der Waals surface area contributed by atoms with Gasteiger partial charge in [0.15, 0.2) is 17.5 Å². The summed E-state index contributed by atoms with van der Waals surface area (Å²) in [4.78, 5) is 12.1. The number of nitrogens with zero attached hydrogens (tertiary/aromatic N) is 3. The molecule has 3 rings (SSSR count). The van der Waals surface area contributed by atoms with Crippen LogP contribution in [0.2, 0.25) is 0 Å². The first-order valence-electron chi connectivity index (χ1n) is 6.71. The van der Waals surface area contributed by atoms with Crippen LogP contribution in [0.3, 0.4) is 0 Å². The molecule has 0 fully saturated rings. The predicted octanol–water partition coefficient (Wildman–Crippen LogP) is 3.53. The number of aryl methyl sites for hydroxylation is 1. The van der Waals surface area contributed by atoms with E-state index in [4.69, 9.17) is 4.52 Å². The third-order valence-electron chi connectivity index (χ3n) is 2.88. The summed E-state index contributed by atoms with van der Waals surface area (Å²) in [7, 11) is 0. The van der Waals surface area contributed by atoms with Gasteiger partial charge in [0.1, 0.15) is 5.76 Å². The first-order chi connectivity index (χ1) is 11.1. The molecule has 8 heteroatoms. The summed E-state index contributed by atoms with van der Waals surface area (Å²) < 4.78 is 5.78. The highest BCUT2D eigenvalue weighted by molar-refractivity contribution is 9.10. The van der Waals surface area contributed by atoms with Crippen molar-refractivity contribution in [3.63, 3.8) is 0 Å². The maximum absolute atomic E-state index is 12.1. The van der Waals surface area contributed by atoms with E-state index in [-0.39, 0.29) is 5.91 Å². The number of carbonyl (C=O) groups is 1. The highest BCUT2D eigenvalue weighted by Crippen LogP contribution is 2.16. The van der Waals surface area contributed by atoms with Crippen molar-refractivity contribution in [1.82, 2.24) is 15.4 Å². The van der Waals surface area contributed by atoms with Crippen molar-refractivity contribution in [2.24, 2.45) is 0 Å². The molecule has 2 N–H and O–H groups in total. The molecular formula is C15H12BrN5O2. The molecule has 0 aliphatic rings. The summed E-state index contributed by atoms with van der Waals surface area (Å²) >= 11 is 3.33. The van der Waals surface area contributed by atoms with Gasteiger partial charge in [-0.3, -0.25) is 4.79 Å². The molecule has 0 spiro atoms. The van der Waals surface area contributed by atoms with E-state index >= 15 is 0 Å². The van der Waals surface area contributed by atoms with E-state index in [1.165, 1.54) is 0 Å². The average molecular weight is 374 g/mol. The minimum absolute atomic E-state index is 0.256. The highest BCUT2D eigenvalue weighted by Gasteiger charge is 2.08. The Morgan fingerprint density at radius 3 is 2.52 bits per heavy atom. The molecule has 0 atom stereocenters. The quantitative estimate of drug-likeness (QED) is 0.726. The van der Waals surface area contributed by atoms with Crippen molar-refractivity contribution >= 4 is 39.3 Å². The second-order valence-electron chi connectivity index (χ2n) is 4.72. The normalized spacial score (nSPS) is 10.3. The smallest absolute Gasteiger partial charge is 0.256 e. The van der Waals surface area contributed by atoms with Crippen molar-refractivity contribution in [2.75, 3.05) is 10.6 Å². The fourth-order valence-corrected chi connectivity index (χ4v) is 2.24. The molecule has 7 nitrogen and oxygen atoms in total. The molecule has 0 aliphatic heterocycles. The maximum atomic E-state index is 12.1. The number of hydrogen-bond donors (Lipinski definition) is 2. The van der Waals surface area contributed by atoms with Gasteiger partial charge >= 0.3 is 0 Å². The summed E-state index contributed by atoms with van der Waals surface area (Å²) in [5.41, 5.74) is 0.529. The molecular weight excluding hydrogens is 362 g/mol. The van der Waals surface area contributed by atoms with Gasteiger partial charge in [0.25, 0.3) is 5.91 Å². The third kappa shape index (κ3) is 3.92. The van der Waals surface area contributed by atoms with Crippen LogP contribution in [-0.4, -0.2) is 21.3 Å². The summed E-state index contributed by atoms with van der Waals surface area (Å²) in [6.45, 7) is 1.80. The molecule has 2 aromatic heterocycles. The van der Waals surface area contributed by atoms with Crippen LogP contribution >= 0.6 is 15.9 Å². The van der Waals surface area contributed by atoms with Crippen LogP contribution in [0, 0.1) is 6.92 Å². The van der Waals surface area contributed by atoms with E-state index in [0.29, 0.717) is 28.8 Å². The Kier molecular flexibility index (Phi) is 4.33. The predicted molar refractivity (Wildman–Crippen MR) is 88.6 cm³/mol. The molecule has 3 aromatic rings. The molecule has 1 amide bonds. The van der Waals surface area contributed by atoms with Crippen LogP contribution in [0.4, 0.5) is 17.5 Å². The topological polar surface area (TPSA) is 92.9 Å². The Hall–Kier alpha value is -2.74. The van der Waals surface area contributed by atoms with Crippen molar-refractivity contribution < 1.29 is 9.32 Å². The van der Waals surface area contributed by atoms with Gasteiger partial charge in [-0.2, -0.15) is 0 Å². The van der Waals surface area contributed by atoms with Gasteiger partial charge < -0.3 is 15.2 Å². The van der Waals surface area contributed by atoms with E-state index in [2.05, 4.69) is 41.9 Å². The van der Waals surface area contributed by atoms with Crippen LogP contribution < -0.4 is 10.6 Å². The number of amides is 1. The molecule has 2 heterocycles. The van der Waals surface area contributed by atoms with E-state index in [9.17, 15) is 4.79 Å². The molecule has 0 unspecified atom stereocenters. The van der Waals surface area contributed by atoms with E-state index in [0.717, 1.165) is 4.47 Å². The third-order valence-corrected chi connectivity index (χ3v) is 3.37. The fourth-order valence-electron chi connectivity index (χ4n) is 1.84. The molecule has 23 heavy (non-hydrogen) atoms. The zero-order chi connectivity index (χ0) is 16.2. The van der Waals surface area contributed by atoms with Gasteiger partial charge in [-0.15, -0.1) is 10.2 Å². The lowest BCUT2D eigenvalue weighted by Crippen LogP contribution is -2.13. The van der Waals surface area contributed by atoms with Gasteiger partial charge in [0, 0.05) is 16.1 Å². The number of aromatic nitrogens is 3. The fraction of sp³-hybridized carbons (Fsp3) is 0.0667. The lowest BCUT2D eigenvalue weighted by atomic mass is 10.2. The van der Waals surface area contributed by atoms with Gasteiger partial charge in [-0.1, -0.05) is 27.2 Å². The Morgan fingerprint density at radius 2 is 1.87 bits per heavy atom. The Labute approximate surface area is 140 Å². The zero-order valence-electron chi connectivity index (χ0n) is 12.1. The number of nitrogens with one attached hydrogen (secondary N) is 2. The Balaban J connectivity index is 1.66. The molecule has 0 radical (unpaired) electrons. The van der Waals surface area contributed by atoms with Crippen molar-refractivity contribution in [3.05, 3.63) is 58.3 Å². The SMILES string of the molecule is Cc1cc(Nc2ccc(NC(=O)c3cccc(Br)c3)nn2)no1. The van der Waals surface area contributed by atoms with Crippen LogP contribution in [0.15, 0.2) is 51.5 Å². The molecule has 0 saturated carbocycles. The van der Waals surface area contributed by atoms with Crippen molar-refractivity contribution in [1.29, 1.82) is 0 Å². The van der Waals surface area contributed by atoms with E-state index in [1.807, 2.05) is 6.07 Å². The molecule has 0 aliphatic carbocycles. The zero-order valence-corrected chi connectivity index (χ0v) is 13.7. The number of rotatable bonds is 4. The first kappa shape index (κ1) is 15.2. The second kappa shape index (κ2) is 6.57. The number of halogens is 1. The van der Waals surface area contributed by atoms with Gasteiger partial charge in [-0.05, 0) is 37.3 Å². The summed E-state index contributed by atoms with van der Waals surface area (Å²) in [6, 6.07) is 12.2. The van der Waals surface area contributed by atoms with Crippen molar-refractivity contribution in [2.45, 2.75) is 6.92 Å². The molecule has 0 bridgehead atoms. The highest BCUT2D eigenvalue weighted by atomic mass is 79.9. The standard InChI is InChI=1S/C15H12BrN5O2/c1-9-7-14(21-23-9)17-12-5-6-13(20-19-12)18-15(22)10-3-2-4-11(16)8-10/h2-8H,1H3,(H,17,19,21)(H,18,20,22). The number of hydrogen-bond acceptors (Lipinski definition) is 6. The van der Waals surface area contributed by atoms with Gasteiger partial charge in [-0.25, -0.2) is 0 Å². The molecule has 1 aromatic carbocycles. The second-order valence-corrected chi connectivity index (χ2v) is 5.63.